The van der Waals surface area contributed by atoms with Crippen LogP contribution < -0.4 is 0 Å². The molecule has 0 aromatic carbocycles. The Morgan fingerprint density at radius 2 is 2.06 bits per heavy atom. The second-order valence-electron chi connectivity index (χ2n) is 3.87. The van der Waals surface area contributed by atoms with E-state index in [1.54, 1.807) is 32.9 Å². The molecule has 0 saturated carbocycles. The molecule has 1 aromatic heterocycles. The lowest BCUT2D eigenvalue weighted by molar-refractivity contribution is -0.145. The molecule has 1 amide bonds. The van der Waals surface area contributed by atoms with E-state index in [-0.39, 0.29) is 12.6 Å². The van der Waals surface area contributed by atoms with Crippen LogP contribution in [0.3, 0.4) is 0 Å². The smallest absolute Gasteiger partial charge is 0.315 e. The van der Waals surface area contributed by atoms with Crippen LogP contribution in [-0.4, -0.2) is 23.3 Å². The summed E-state index contributed by atoms with van der Waals surface area (Å²) in [5.74, 6) is 0.0486. The fourth-order valence-corrected chi connectivity index (χ4v) is 1.38. The Morgan fingerprint density at radius 3 is 2.44 bits per heavy atom. The number of halogens is 2. The number of carbonyl (C=O) groups excluding carboxylic acids is 1. The highest BCUT2D eigenvalue weighted by Gasteiger charge is 2.26. The molecule has 1 aromatic rings. The molecule has 0 spiro atoms. The van der Waals surface area contributed by atoms with Crippen molar-refractivity contribution in [1.29, 1.82) is 0 Å². The molecule has 0 radical (unpaired) electrons. The molecule has 0 saturated heterocycles. The molecule has 1 heterocycles. The first-order valence-electron chi connectivity index (χ1n) is 5.05. The normalized spacial score (nSPS) is 11.2. The van der Waals surface area contributed by atoms with Gasteiger partial charge in [0.25, 0.3) is 5.91 Å². The van der Waals surface area contributed by atoms with Gasteiger partial charge in [-0.3, -0.25) is 4.79 Å². The highest BCUT2D eigenvalue weighted by Crippen LogP contribution is 2.14. The second kappa shape index (κ2) is 5.09. The van der Waals surface area contributed by atoms with Gasteiger partial charge in [0.15, 0.2) is 0 Å². The highest BCUT2D eigenvalue weighted by atomic mass is 19.3. The van der Waals surface area contributed by atoms with Crippen molar-refractivity contribution in [3.8, 4) is 0 Å². The summed E-state index contributed by atoms with van der Waals surface area (Å²) in [6.07, 6.45) is -2.97. The molecule has 5 heteroatoms. The lowest BCUT2D eigenvalue weighted by Gasteiger charge is -2.25. The minimum absolute atomic E-state index is 0.0781. The maximum absolute atomic E-state index is 12.3. The molecule has 0 aliphatic heterocycles. The van der Waals surface area contributed by atoms with Gasteiger partial charge in [-0.15, -0.1) is 0 Å². The Labute approximate surface area is 93.0 Å². The van der Waals surface area contributed by atoms with E-state index < -0.39 is 12.3 Å². The van der Waals surface area contributed by atoms with Crippen LogP contribution >= 0.6 is 0 Å². The third kappa shape index (κ3) is 3.05. The number of hydrogen-bond donors (Lipinski definition) is 0. The lowest BCUT2D eigenvalue weighted by atomic mass is 10.3. The SMILES string of the molecule is Cc1ccc(CN(C(=O)C(F)F)C(C)C)o1. The van der Waals surface area contributed by atoms with Crippen molar-refractivity contribution in [2.24, 2.45) is 0 Å². The van der Waals surface area contributed by atoms with Gasteiger partial charge in [0, 0.05) is 6.04 Å². The van der Waals surface area contributed by atoms with Gasteiger partial charge >= 0.3 is 6.43 Å². The molecule has 0 N–H and O–H groups in total. The largest absolute Gasteiger partial charge is 0.464 e. The summed E-state index contributed by atoms with van der Waals surface area (Å²) < 4.78 is 29.9. The molecular weight excluding hydrogens is 216 g/mol. The average molecular weight is 231 g/mol. The number of nitrogens with zero attached hydrogens (tertiary/aromatic N) is 1. The molecule has 16 heavy (non-hydrogen) atoms. The molecule has 0 unspecified atom stereocenters. The van der Waals surface area contributed by atoms with Gasteiger partial charge < -0.3 is 9.32 Å². The van der Waals surface area contributed by atoms with Crippen molar-refractivity contribution < 1.29 is 18.0 Å². The summed E-state index contributed by atoms with van der Waals surface area (Å²) in [5.41, 5.74) is 0. The van der Waals surface area contributed by atoms with Crippen molar-refractivity contribution in [3.63, 3.8) is 0 Å². The summed E-state index contributed by atoms with van der Waals surface area (Å²) in [4.78, 5) is 12.3. The van der Waals surface area contributed by atoms with Gasteiger partial charge in [-0.2, -0.15) is 8.78 Å². The number of amides is 1. The summed E-state index contributed by atoms with van der Waals surface area (Å²) in [6, 6.07) is 3.14. The molecule has 0 atom stereocenters. The third-order valence-electron chi connectivity index (χ3n) is 2.22. The van der Waals surface area contributed by atoms with Crippen LogP contribution in [0.1, 0.15) is 25.4 Å². The molecule has 0 fully saturated rings. The average Bonchev–Trinajstić information content (AvgIpc) is 2.59. The van der Waals surface area contributed by atoms with Crippen molar-refractivity contribution in [2.75, 3.05) is 0 Å². The molecule has 0 bridgehead atoms. The van der Waals surface area contributed by atoms with E-state index in [0.29, 0.717) is 11.5 Å². The number of aryl methyl sites for hydroxylation is 1. The predicted molar refractivity (Wildman–Crippen MR) is 55.1 cm³/mol. The number of hydrogen-bond acceptors (Lipinski definition) is 2. The fraction of sp³-hybridized carbons (Fsp3) is 0.545. The Balaban J connectivity index is 2.76. The van der Waals surface area contributed by atoms with Gasteiger partial charge in [0.05, 0.1) is 6.54 Å². The van der Waals surface area contributed by atoms with Crippen molar-refractivity contribution in [3.05, 3.63) is 23.7 Å². The summed E-state index contributed by atoms with van der Waals surface area (Å²) in [5, 5.41) is 0. The van der Waals surface area contributed by atoms with E-state index in [0.717, 1.165) is 4.90 Å². The minimum Gasteiger partial charge on any atom is -0.464 e. The third-order valence-corrected chi connectivity index (χ3v) is 2.22. The predicted octanol–water partition coefficient (Wildman–Crippen LogP) is 2.59. The molecule has 3 nitrogen and oxygen atoms in total. The zero-order chi connectivity index (χ0) is 12.3. The van der Waals surface area contributed by atoms with Crippen LogP contribution in [0.15, 0.2) is 16.5 Å². The topological polar surface area (TPSA) is 33.5 Å². The Morgan fingerprint density at radius 1 is 1.44 bits per heavy atom. The van der Waals surface area contributed by atoms with Gasteiger partial charge in [-0.1, -0.05) is 0 Å². The van der Waals surface area contributed by atoms with Gasteiger partial charge in [0.2, 0.25) is 0 Å². The van der Waals surface area contributed by atoms with Crippen molar-refractivity contribution in [1.82, 2.24) is 4.90 Å². The van der Waals surface area contributed by atoms with Crippen LogP contribution in [0.2, 0.25) is 0 Å². The van der Waals surface area contributed by atoms with Crippen LogP contribution in [0, 0.1) is 6.92 Å². The standard InChI is InChI=1S/C11H15F2NO2/c1-7(2)14(11(15)10(12)13)6-9-5-4-8(3)16-9/h4-5,7,10H,6H2,1-3H3. The first-order valence-corrected chi connectivity index (χ1v) is 5.05. The van der Waals surface area contributed by atoms with E-state index in [2.05, 4.69) is 0 Å². The van der Waals surface area contributed by atoms with E-state index >= 15 is 0 Å². The quantitative estimate of drug-likeness (QED) is 0.798. The zero-order valence-corrected chi connectivity index (χ0v) is 9.54. The Kier molecular flexibility index (Phi) is 4.04. The minimum atomic E-state index is -2.97. The summed E-state index contributed by atoms with van der Waals surface area (Å²) >= 11 is 0. The fourth-order valence-electron chi connectivity index (χ4n) is 1.38. The van der Waals surface area contributed by atoms with Crippen LogP contribution in [-0.2, 0) is 11.3 Å². The number of carbonyl (C=O) groups is 1. The maximum Gasteiger partial charge on any atom is 0.315 e. The Hall–Kier alpha value is -1.39. The number of rotatable bonds is 4. The maximum atomic E-state index is 12.3. The van der Waals surface area contributed by atoms with Crippen LogP contribution in [0.5, 0.6) is 0 Å². The van der Waals surface area contributed by atoms with E-state index in [4.69, 9.17) is 4.42 Å². The van der Waals surface area contributed by atoms with Crippen molar-refractivity contribution in [2.45, 2.75) is 39.8 Å². The summed E-state index contributed by atoms with van der Waals surface area (Å²) in [7, 11) is 0. The van der Waals surface area contributed by atoms with Gasteiger partial charge in [0.1, 0.15) is 11.5 Å². The molecule has 90 valence electrons. The lowest BCUT2D eigenvalue weighted by Crippen LogP contribution is -2.39. The van der Waals surface area contributed by atoms with E-state index in [1.165, 1.54) is 0 Å². The summed E-state index contributed by atoms with van der Waals surface area (Å²) in [6.45, 7) is 5.22. The monoisotopic (exact) mass is 231 g/mol. The van der Waals surface area contributed by atoms with E-state index in [9.17, 15) is 13.6 Å². The van der Waals surface area contributed by atoms with Crippen molar-refractivity contribution >= 4 is 5.91 Å². The Bertz CT molecular complexity index is 361. The van der Waals surface area contributed by atoms with Gasteiger partial charge in [-0.25, -0.2) is 0 Å². The first-order chi connectivity index (χ1) is 7.41. The van der Waals surface area contributed by atoms with Crippen LogP contribution in [0.25, 0.3) is 0 Å². The molecule has 0 aliphatic rings. The first kappa shape index (κ1) is 12.7. The zero-order valence-electron chi connectivity index (χ0n) is 9.54. The van der Waals surface area contributed by atoms with Gasteiger partial charge in [-0.05, 0) is 32.9 Å². The highest BCUT2D eigenvalue weighted by molar-refractivity contribution is 5.79. The van der Waals surface area contributed by atoms with E-state index in [1.807, 2.05) is 0 Å². The van der Waals surface area contributed by atoms with Crippen LogP contribution in [0.4, 0.5) is 8.78 Å². The molecule has 1 rings (SSSR count). The number of furan rings is 1. The number of alkyl halides is 2. The molecular formula is C11H15F2NO2. The second-order valence-corrected chi connectivity index (χ2v) is 3.87. The molecule has 0 aliphatic carbocycles.